The summed E-state index contributed by atoms with van der Waals surface area (Å²) in [6.07, 6.45) is 0. The lowest BCUT2D eigenvalue weighted by molar-refractivity contribution is 0.669. The van der Waals surface area contributed by atoms with E-state index in [0.717, 1.165) is 60.0 Å². The molecule has 0 aliphatic carbocycles. The molecule has 73 heavy (non-hydrogen) atoms. The third-order valence-electron chi connectivity index (χ3n) is 14.3. The Morgan fingerprint density at radius 2 is 0.904 bits per heavy atom. The number of para-hydroxylation sites is 7. The molecule has 0 unspecified atom stereocenters. The molecule has 0 radical (unpaired) electrons. The maximum Gasteiger partial charge on any atom is 0.240 e. The molecule has 9 heteroatoms. The minimum atomic E-state index is -0.450. The Kier molecular flexibility index (Phi) is 6.61. The summed E-state index contributed by atoms with van der Waals surface area (Å²) in [6.45, 7) is 8.03. The molecule has 9 nitrogen and oxygen atoms in total. The molecular formula is C64H36N8O. The summed E-state index contributed by atoms with van der Waals surface area (Å²) in [6, 6.07) is 51.6. The molecule has 6 aromatic heterocycles. The van der Waals surface area contributed by atoms with Gasteiger partial charge < -0.3 is 13.6 Å². The summed E-state index contributed by atoms with van der Waals surface area (Å²) in [5.74, 6) is 0.0410. The molecule has 0 atom stereocenters. The third kappa shape index (κ3) is 5.46. The highest BCUT2D eigenvalue weighted by molar-refractivity contribution is 6.25. The molecule has 16 rings (SSSR count). The first-order valence-electron chi connectivity index (χ1n) is 27.7. The van der Waals surface area contributed by atoms with Gasteiger partial charge in [-0.2, -0.15) is 15.0 Å². The van der Waals surface area contributed by atoms with Crippen molar-refractivity contribution >= 4 is 115 Å². The standard InChI is InChI=1S/C64H36N8O/c1-65-38-33-35-54-47(37-38)44-22-7-9-24-48(44)69(54)55-30-16-31-56(70-49-25-10-6-21-43(49)45-34-36-58-59(61(45)70)46-23-8-15-32-57(46)73-58)60(55)62-66-63(71-50-26-11-2-17-39(50)40-18-3-12-27-51(40)71)68-64(67-62)72-52-28-13-4-19-41(52)42-20-5-14-29-53(42)72/h2-37H/i2D,4D,11D,13D,17D,19D,26D,28D. The lowest BCUT2D eigenvalue weighted by Gasteiger charge is -2.20. The van der Waals surface area contributed by atoms with Gasteiger partial charge in [-0.3, -0.25) is 9.13 Å². The van der Waals surface area contributed by atoms with Gasteiger partial charge in [0.25, 0.3) is 0 Å². The molecule has 0 aliphatic rings. The Bertz CT molecular complexity index is 5410. The molecule has 0 N–H and O–H groups in total. The maximum absolute atomic E-state index is 9.57. The molecule has 0 amide bonds. The van der Waals surface area contributed by atoms with Crippen molar-refractivity contribution in [3.05, 3.63) is 230 Å². The average Bonchev–Trinajstić information content (AvgIpc) is 2.82. The number of fused-ring (bicyclic) bond motifs is 16. The fourth-order valence-corrected chi connectivity index (χ4v) is 11.4. The predicted octanol–water partition coefficient (Wildman–Crippen LogP) is 16.4. The minimum Gasteiger partial charge on any atom is -0.456 e. The number of nitrogens with zero attached hydrogens (tertiary/aromatic N) is 8. The molecule has 0 bridgehead atoms. The number of furan rings is 1. The Labute approximate surface area is 426 Å². The SMILES string of the molecule is [2H]c1c([2H])c([2H])c2c(c1[2H])c1ccccc1n2-c1nc(-c2c(-n3c4ccccc4c4cc([N+]#[C-])ccc43)cccc2-n2c3ccccc3c3ccc4oc5ccccc5c4c32)nc(-n2c3ccccc3c3c([2H])c([2H])c([2H])c([2H])c32)n1. The summed E-state index contributed by atoms with van der Waals surface area (Å²) >= 11 is 0. The van der Waals surface area contributed by atoms with E-state index in [1.807, 2.05) is 127 Å². The summed E-state index contributed by atoms with van der Waals surface area (Å²) < 4.78 is 87.7. The quantitative estimate of drug-likeness (QED) is 0.161. The summed E-state index contributed by atoms with van der Waals surface area (Å²) in [5, 5.41) is 7.04. The molecule has 0 aliphatic heterocycles. The summed E-state index contributed by atoms with van der Waals surface area (Å²) in [7, 11) is 0. The Balaban J connectivity index is 1.15. The number of hydrogen-bond acceptors (Lipinski definition) is 4. The van der Waals surface area contributed by atoms with Gasteiger partial charge in [-0.25, -0.2) is 4.85 Å². The van der Waals surface area contributed by atoms with E-state index in [1.165, 1.54) is 0 Å². The van der Waals surface area contributed by atoms with Gasteiger partial charge in [0.05, 0.1) is 84.0 Å². The van der Waals surface area contributed by atoms with E-state index < -0.39 is 24.2 Å². The molecule has 338 valence electrons. The molecule has 6 heterocycles. The van der Waals surface area contributed by atoms with Crippen LogP contribution < -0.4 is 0 Å². The van der Waals surface area contributed by atoms with Crippen LogP contribution in [-0.4, -0.2) is 33.2 Å². The fraction of sp³-hybridized carbons (Fsp3) is 0. The van der Waals surface area contributed by atoms with Crippen molar-refractivity contribution < 1.29 is 15.4 Å². The zero-order chi connectivity index (χ0) is 54.9. The van der Waals surface area contributed by atoms with Crippen molar-refractivity contribution in [2.24, 2.45) is 0 Å². The van der Waals surface area contributed by atoms with Crippen molar-refractivity contribution in [1.82, 2.24) is 33.2 Å². The van der Waals surface area contributed by atoms with Gasteiger partial charge in [0, 0.05) is 43.1 Å². The molecule has 0 spiro atoms. The molecule has 0 saturated carbocycles. The van der Waals surface area contributed by atoms with Gasteiger partial charge in [0.2, 0.25) is 11.9 Å². The lowest BCUT2D eigenvalue weighted by Crippen LogP contribution is -2.12. The van der Waals surface area contributed by atoms with Crippen LogP contribution in [-0.2, 0) is 0 Å². The van der Waals surface area contributed by atoms with Gasteiger partial charge in [-0.15, -0.1) is 0 Å². The predicted molar refractivity (Wildman–Crippen MR) is 296 cm³/mol. The van der Waals surface area contributed by atoms with E-state index in [9.17, 15) is 5.48 Å². The summed E-state index contributed by atoms with van der Waals surface area (Å²) in [5.41, 5.74) is 8.17. The first kappa shape index (κ1) is 32.5. The second-order valence-electron chi connectivity index (χ2n) is 18.0. The summed E-state index contributed by atoms with van der Waals surface area (Å²) in [4.78, 5) is 20.2. The van der Waals surface area contributed by atoms with Crippen LogP contribution in [0.5, 0.6) is 0 Å². The Morgan fingerprint density at radius 1 is 0.397 bits per heavy atom. The highest BCUT2D eigenvalue weighted by Crippen LogP contribution is 2.46. The van der Waals surface area contributed by atoms with Gasteiger partial charge >= 0.3 is 0 Å². The van der Waals surface area contributed by atoms with Crippen molar-refractivity contribution in [3.8, 4) is 34.7 Å². The van der Waals surface area contributed by atoms with Crippen molar-refractivity contribution in [1.29, 1.82) is 0 Å². The maximum atomic E-state index is 9.57. The topological polar surface area (TPSA) is 75.9 Å². The van der Waals surface area contributed by atoms with Crippen molar-refractivity contribution in [2.75, 3.05) is 0 Å². The van der Waals surface area contributed by atoms with Crippen LogP contribution in [0.2, 0.25) is 0 Å². The van der Waals surface area contributed by atoms with Crippen LogP contribution in [0.15, 0.2) is 223 Å². The lowest BCUT2D eigenvalue weighted by atomic mass is 10.1. The normalized spacial score (nSPS) is 13.6. The smallest absolute Gasteiger partial charge is 0.240 e. The van der Waals surface area contributed by atoms with Crippen LogP contribution >= 0.6 is 0 Å². The van der Waals surface area contributed by atoms with E-state index >= 15 is 0 Å². The monoisotopic (exact) mass is 940 g/mol. The second-order valence-corrected chi connectivity index (χ2v) is 18.0. The first-order chi connectivity index (χ1) is 39.5. The number of rotatable bonds is 5. The molecule has 16 aromatic rings. The highest BCUT2D eigenvalue weighted by atomic mass is 16.3. The van der Waals surface area contributed by atoms with Crippen LogP contribution in [0.3, 0.4) is 0 Å². The third-order valence-corrected chi connectivity index (χ3v) is 14.3. The Morgan fingerprint density at radius 3 is 1.53 bits per heavy atom. The first-order valence-corrected chi connectivity index (χ1v) is 23.7. The number of aromatic nitrogens is 7. The van der Waals surface area contributed by atoms with Crippen LogP contribution in [0, 0.1) is 6.57 Å². The van der Waals surface area contributed by atoms with Gasteiger partial charge in [0.1, 0.15) is 11.2 Å². The van der Waals surface area contributed by atoms with Crippen LogP contribution in [0.25, 0.3) is 149 Å². The molecular weight excluding hydrogens is 897 g/mol. The van der Waals surface area contributed by atoms with Crippen molar-refractivity contribution in [3.63, 3.8) is 0 Å². The average molecular weight is 941 g/mol. The second kappa shape index (κ2) is 14.9. The van der Waals surface area contributed by atoms with Gasteiger partial charge in [-0.05, 0) is 84.2 Å². The molecule has 10 aromatic carbocycles. The van der Waals surface area contributed by atoms with Gasteiger partial charge in [0.15, 0.2) is 11.5 Å². The van der Waals surface area contributed by atoms with E-state index in [2.05, 4.69) is 38.2 Å². The van der Waals surface area contributed by atoms with E-state index in [-0.39, 0.29) is 63.7 Å². The largest absolute Gasteiger partial charge is 0.456 e. The zero-order valence-electron chi connectivity index (χ0n) is 46.2. The van der Waals surface area contributed by atoms with E-state index in [4.69, 9.17) is 31.4 Å². The van der Waals surface area contributed by atoms with Gasteiger partial charge in [-0.1, -0.05) is 139 Å². The fourth-order valence-electron chi connectivity index (χ4n) is 11.4. The zero-order valence-corrected chi connectivity index (χ0v) is 38.2. The van der Waals surface area contributed by atoms with E-state index in [0.29, 0.717) is 50.0 Å². The van der Waals surface area contributed by atoms with Crippen LogP contribution in [0.4, 0.5) is 5.69 Å². The number of hydrogen-bond donors (Lipinski definition) is 0. The molecule has 0 saturated heterocycles. The van der Waals surface area contributed by atoms with E-state index in [1.54, 1.807) is 27.3 Å². The highest BCUT2D eigenvalue weighted by Gasteiger charge is 2.28. The van der Waals surface area contributed by atoms with Crippen molar-refractivity contribution in [2.45, 2.75) is 0 Å². The Hall–Kier alpha value is -10.3. The van der Waals surface area contributed by atoms with Crippen LogP contribution in [0.1, 0.15) is 11.0 Å². The molecule has 0 fully saturated rings. The number of benzene rings is 10. The minimum absolute atomic E-state index is 0.0342.